The van der Waals surface area contributed by atoms with Gasteiger partial charge in [-0.25, -0.2) is 4.39 Å². The van der Waals surface area contributed by atoms with Crippen LogP contribution in [0.4, 0.5) is 4.39 Å². The molecule has 1 unspecified atom stereocenters. The normalized spacial score (nSPS) is 29.3. The second-order valence-corrected chi connectivity index (χ2v) is 6.91. The number of alkyl halides is 2. The van der Waals surface area contributed by atoms with E-state index < -0.39 is 40.6 Å². The van der Waals surface area contributed by atoms with Crippen LogP contribution in [0.1, 0.15) is 22.0 Å². The summed E-state index contributed by atoms with van der Waals surface area (Å²) in [5.74, 6) is -1.97. The van der Waals surface area contributed by atoms with Crippen molar-refractivity contribution in [1.82, 2.24) is 0 Å². The maximum atomic E-state index is 14.7. The van der Waals surface area contributed by atoms with Crippen LogP contribution in [0.2, 0.25) is 0 Å². The summed E-state index contributed by atoms with van der Waals surface area (Å²) in [6, 6.07) is 15.5. The Labute approximate surface area is 157 Å². The van der Waals surface area contributed by atoms with Gasteiger partial charge >= 0.3 is 0 Å². The van der Waals surface area contributed by atoms with Gasteiger partial charge in [0.2, 0.25) is 5.78 Å². The number of Topliss-reactive ketones (excluding diaryl/α,β-unsaturated/α-hetero) is 2. The average Bonchev–Trinajstić information content (AvgIpc) is 2.92. The predicted octanol–water partition coefficient (Wildman–Crippen LogP) is 2.36. The summed E-state index contributed by atoms with van der Waals surface area (Å²) in [6.07, 6.45) is -5.71. The van der Waals surface area contributed by atoms with Gasteiger partial charge in [0.15, 0.2) is 23.7 Å². The zero-order chi connectivity index (χ0) is 18.9. The van der Waals surface area contributed by atoms with Gasteiger partial charge in [-0.15, -0.1) is 0 Å². The van der Waals surface area contributed by atoms with Gasteiger partial charge in [0.1, 0.15) is 11.1 Å². The molecule has 0 saturated carbocycles. The fourth-order valence-corrected chi connectivity index (χ4v) is 3.56. The van der Waals surface area contributed by atoms with Crippen LogP contribution in [0.25, 0.3) is 0 Å². The van der Waals surface area contributed by atoms with Crippen LogP contribution >= 0.6 is 15.9 Å². The molecule has 5 nitrogen and oxygen atoms in total. The summed E-state index contributed by atoms with van der Waals surface area (Å²) in [4.78, 5) is 25.5. The maximum absolute atomic E-state index is 14.7. The highest BCUT2D eigenvalue weighted by Crippen LogP contribution is 2.40. The number of benzene rings is 2. The molecule has 0 radical (unpaired) electrons. The van der Waals surface area contributed by atoms with Crippen LogP contribution in [0.5, 0.6) is 0 Å². The predicted molar refractivity (Wildman–Crippen MR) is 94.6 cm³/mol. The molecule has 0 aromatic heterocycles. The summed E-state index contributed by atoms with van der Waals surface area (Å²) in [7, 11) is 0. The number of carbonyl (C=O) groups excluding carboxylic acids is 2. The zero-order valence-corrected chi connectivity index (χ0v) is 15.0. The minimum absolute atomic E-state index is 0.0369. The lowest BCUT2D eigenvalue weighted by Crippen LogP contribution is -2.56. The number of rotatable bonds is 5. The molecule has 1 saturated heterocycles. The van der Waals surface area contributed by atoms with E-state index in [4.69, 9.17) is 4.74 Å². The molecule has 3 rings (SSSR count). The molecule has 0 amide bonds. The van der Waals surface area contributed by atoms with Crippen LogP contribution in [0.3, 0.4) is 0 Å². The molecular formula is C19H16BrFO5. The largest absolute Gasteiger partial charge is 0.380 e. The van der Waals surface area contributed by atoms with Crippen molar-refractivity contribution in [2.45, 2.75) is 29.0 Å². The van der Waals surface area contributed by atoms with E-state index in [9.17, 15) is 24.2 Å². The van der Waals surface area contributed by atoms with E-state index in [0.717, 1.165) is 0 Å². The Kier molecular flexibility index (Phi) is 5.34. The number of carbonyl (C=O) groups is 2. The van der Waals surface area contributed by atoms with Crippen molar-refractivity contribution in [2.24, 2.45) is 0 Å². The summed E-state index contributed by atoms with van der Waals surface area (Å²) < 4.78 is 19.9. The molecule has 2 N–H and O–H groups in total. The molecular weight excluding hydrogens is 407 g/mol. The molecule has 1 fully saturated rings. The Morgan fingerprint density at radius 3 is 2.19 bits per heavy atom. The molecule has 1 aliphatic heterocycles. The van der Waals surface area contributed by atoms with Crippen LogP contribution < -0.4 is 0 Å². The SMILES string of the molecule is O=C(C(O)c1ccccc1)[C@H]1O[C@H](Br)[C@H](F)[C@@]1(O)C(=O)c1ccccc1. The third-order valence-corrected chi connectivity index (χ3v) is 5.04. The highest BCUT2D eigenvalue weighted by Gasteiger charge is 2.63. The van der Waals surface area contributed by atoms with E-state index in [-0.39, 0.29) is 11.1 Å². The maximum Gasteiger partial charge on any atom is 0.200 e. The lowest BCUT2D eigenvalue weighted by atomic mass is 9.82. The van der Waals surface area contributed by atoms with Crippen LogP contribution in [0.15, 0.2) is 60.7 Å². The Bertz CT molecular complexity index is 800. The third kappa shape index (κ3) is 3.12. The van der Waals surface area contributed by atoms with Crippen molar-refractivity contribution in [2.75, 3.05) is 0 Å². The molecule has 2 aromatic rings. The van der Waals surface area contributed by atoms with E-state index >= 15 is 0 Å². The van der Waals surface area contributed by atoms with Crippen molar-refractivity contribution in [3.8, 4) is 0 Å². The van der Waals surface area contributed by atoms with Gasteiger partial charge in [0, 0.05) is 5.56 Å². The number of aliphatic hydroxyl groups excluding tert-OH is 1. The number of ketones is 2. The number of halogens is 2. The summed E-state index contributed by atoms with van der Waals surface area (Å²) >= 11 is 2.89. The second-order valence-electron chi connectivity index (χ2n) is 6.01. The first-order valence-electron chi connectivity index (χ1n) is 7.90. The first-order valence-corrected chi connectivity index (χ1v) is 8.81. The molecule has 136 valence electrons. The molecule has 7 heteroatoms. The van der Waals surface area contributed by atoms with Gasteiger partial charge in [-0.2, -0.15) is 0 Å². The van der Waals surface area contributed by atoms with Gasteiger partial charge in [-0.3, -0.25) is 9.59 Å². The van der Waals surface area contributed by atoms with Gasteiger partial charge < -0.3 is 14.9 Å². The highest BCUT2D eigenvalue weighted by molar-refractivity contribution is 9.09. The standard InChI is InChI=1S/C19H16BrFO5/c20-18-15(21)19(25,16(24)12-9-5-2-6-10-12)17(26-18)14(23)13(22)11-7-3-1-4-8-11/h1-10,13,15,17-18,22,25H/t13?,15-,17+,18-,19+/m0/s1. The fourth-order valence-electron chi connectivity index (χ4n) is 2.94. The summed E-state index contributed by atoms with van der Waals surface area (Å²) in [5, 5.41) is 19.8. The number of aliphatic hydroxyl groups is 2. The molecule has 0 bridgehead atoms. The first kappa shape index (κ1) is 18.8. The average molecular weight is 423 g/mol. The second kappa shape index (κ2) is 7.36. The van der Waals surface area contributed by atoms with Crippen molar-refractivity contribution in [3.63, 3.8) is 0 Å². The fraction of sp³-hybridized carbons (Fsp3) is 0.263. The van der Waals surface area contributed by atoms with Gasteiger partial charge in [-0.05, 0) is 5.56 Å². The van der Waals surface area contributed by atoms with Crippen LogP contribution in [-0.4, -0.2) is 44.7 Å². The Morgan fingerprint density at radius 1 is 1.08 bits per heavy atom. The van der Waals surface area contributed by atoms with Crippen LogP contribution in [0, 0.1) is 0 Å². The number of ether oxygens (including phenoxy) is 1. The Hall–Kier alpha value is -1.93. The number of hydrogen-bond donors (Lipinski definition) is 2. The van der Waals surface area contributed by atoms with E-state index in [1.54, 1.807) is 36.4 Å². The van der Waals surface area contributed by atoms with Crippen LogP contribution in [-0.2, 0) is 9.53 Å². The Balaban J connectivity index is 1.97. The molecule has 26 heavy (non-hydrogen) atoms. The molecule has 0 spiro atoms. The summed E-state index contributed by atoms with van der Waals surface area (Å²) in [5.41, 5.74) is -2.46. The number of hydrogen-bond acceptors (Lipinski definition) is 5. The van der Waals surface area contributed by atoms with Crippen molar-refractivity contribution in [3.05, 3.63) is 71.8 Å². The third-order valence-electron chi connectivity index (χ3n) is 4.36. The molecule has 2 aromatic carbocycles. The van der Waals surface area contributed by atoms with Gasteiger partial charge in [-0.1, -0.05) is 76.6 Å². The molecule has 1 heterocycles. The summed E-state index contributed by atoms with van der Waals surface area (Å²) in [6.45, 7) is 0. The van der Waals surface area contributed by atoms with E-state index in [1.807, 2.05) is 0 Å². The lowest BCUT2D eigenvalue weighted by molar-refractivity contribution is -0.145. The Morgan fingerprint density at radius 2 is 1.62 bits per heavy atom. The van der Waals surface area contributed by atoms with Crippen molar-refractivity contribution < 1.29 is 28.9 Å². The van der Waals surface area contributed by atoms with Crippen molar-refractivity contribution in [1.29, 1.82) is 0 Å². The molecule has 5 atom stereocenters. The zero-order valence-electron chi connectivity index (χ0n) is 13.5. The van der Waals surface area contributed by atoms with Crippen molar-refractivity contribution >= 4 is 27.5 Å². The minimum atomic E-state index is -2.75. The quantitative estimate of drug-likeness (QED) is 0.570. The smallest absolute Gasteiger partial charge is 0.200 e. The van der Waals surface area contributed by atoms with Gasteiger partial charge in [0.25, 0.3) is 0 Å². The molecule has 1 aliphatic rings. The minimum Gasteiger partial charge on any atom is -0.380 e. The van der Waals surface area contributed by atoms with E-state index in [1.165, 1.54) is 24.3 Å². The monoisotopic (exact) mass is 422 g/mol. The molecule has 0 aliphatic carbocycles. The highest BCUT2D eigenvalue weighted by atomic mass is 79.9. The van der Waals surface area contributed by atoms with Gasteiger partial charge in [0.05, 0.1) is 0 Å². The first-order chi connectivity index (χ1) is 12.4. The van der Waals surface area contributed by atoms with E-state index in [0.29, 0.717) is 0 Å². The topological polar surface area (TPSA) is 83.8 Å². The lowest BCUT2D eigenvalue weighted by Gasteiger charge is -2.28. The van der Waals surface area contributed by atoms with E-state index in [2.05, 4.69) is 15.9 Å².